The molecule has 0 N–H and O–H groups in total. The molecule has 0 spiro atoms. The van der Waals surface area contributed by atoms with Crippen LogP contribution in [-0.4, -0.2) is 0 Å². The van der Waals surface area contributed by atoms with E-state index in [1.807, 2.05) is 46.9 Å². The van der Waals surface area contributed by atoms with E-state index in [0.717, 1.165) is 16.4 Å². The molecule has 1 aromatic rings. The van der Waals surface area contributed by atoms with Gasteiger partial charge in [0.05, 0.1) is 3.58 Å². The normalized spacial score (nSPS) is 10.9. The summed E-state index contributed by atoms with van der Waals surface area (Å²) >= 11 is 2.05. The second kappa shape index (κ2) is 5.76. The van der Waals surface area contributed by atoms with E-state index >= 15 is 0 Å². The van der Waals surface area contributed by atoms with Gasteiger partial charge in [0.1, 0.15) is 6.07 Å². The average molecular weight is 283 g/mol. The molecule has 0 aliphatic rings. The second-order valence-corrected chi connectivity index (χ2v) is 3.85. The highest BCUT2D eigenvalue weighted by atomic mass is 127. The molecular weight excluding hydrogens is 273 g/mol. The molecule has 13 heavy (non-hydrogen) atoms. The van der Waals surface area contributed by atoms with E-state index in [2.05, 4.69) is 18.2 Å². The highest BCUT2D eigenvalue weighted by Gasteiger charge is 1.90. The minimum Gasteiger partial charge on any atom is -0.192 e. The van der Waals surface area contributed by atoms with Gasteiger partial charge in [-0.05, 0) is 41.0 Å². The second-order valence-electron chi connectivity index (χ2n) is 2.69. The Kier molecular flexibility index (Phi) is 4.55. The number of hydrogen-bond donors (Lipinski definition) is 0. The Hall–Kier alpha value is -0.820. The van der Waals surface area contributed by atoms with Crippen LogP contribution in [0.15, 0.2) is 40.0 Å². The van der Waals surface area contributed by atoms with Gasteiger partial charge in [0.2, 0.25) is 0 Å². The van der Waals surface area contributed by atoms with Crippen molar-refractivity contribution in [3.05, 3.63) is 45.6 Å². The number of allylic oxidation sites excluding steroid dienone is 2. The van der Waals surface area contributed by atoms with Crippen molar-refractivity contribution >= 4 is 22.6 Å². The van der Waals surface area contributed by atoms with Crippen LogP contribution >= 0.6 is 22.6 Å². The third-order valence-electron chi connectivity index (χ3n) is 1.71. The summed E-state index contributed by atoms with van der Waals surface area (Å²) in [5.41, 5.74) is 1.32. The molecule has 0 radical (unpaired) electrons. The number of rotatable bonds is 3. The first-order chi connectivity index (χ1) is 6.33. The quantitative estimate of drug-likeness (QED) is 0.615. The Morgan fingerprint density at radius 1 is 1.38 bits per heavy atom. The fraction of sp³-hybridized carbons (Fsp3) is 0.182. The van der Waals surface area contributed by atoms with Gasteiger partial charge in [-0.3, -0.25) is 0 Å². The van der Waals surface area contributed by atoms with Crippen molar-refractivity contribution in [1.82, 2.24) is 0 Å². The minimum atomic E-state index is 0.772. The molecule has 1 aromatic carbocycles. The van der Waals surface area contributed by atoms with Gasteiger partial charge in [0.25, 0.3) is 0 Å². The number of halogens is 1. The van der Waals surface area contributed by atoms with Crippen LogP contribution in [0.2, 0.25) is 0 Å². The highest BCUT2D eigenvalue weighted by Crippen LogP contribution is 2.08. The first kappa shape index (κ1) is 10.3. The largest absolute Gasteiger partial charge is 0.192 e. The van der Waals surface area contributed by atoms with Crippen LogP contribution in [0.5, 0.6) is 0 Å². The summed E-state index contributed by atoms with van der Waals surface area (Å²) in [4.78, 5) is 0. The molecule has 0 aromatic heterocycles. The topological polar surface area (TPSA) is 23.8 Å². The minimum absolute atomic E-state index is 0.772. The zero-order chi connectivity index (χ0) is 9.52. The molecule has 0 unspecified atom stereocenters. The number of nitriles is 1. The summed E-state index contributed by atoms with van der Waals surface area (Å²) < 4.78 is 0.772. The van der Waals surface area contributed by atoms with Crippen LogP contribution in [0.25, 0.3) is 0 Å². The van der Waals surface area contributed by atoms with Crippen LogP contribution in [0.1, 0.15) is 12.0 Å². The van der Waals surface area contributed by atoms with Crippen molar-refractivity contribution in [3.63, 3.8) is 0 Å². The zero-order valence-electron chi connectivity index (χ0n) is 7.20. The lowest BCUT2D eigenvalue weighted by molar-refractivity contribution is 1.00. The van der Waals surface area contributed by atoms with Gasteiger partial charge in [-0.2, -0.15) is 5.26 Å². The predicted molar refractivity (Wildman–Crippen MR) is 62.5 cm³/mol. The molecule has 0 aliphatic heterocycles. The van der Waals surface area contributed by atoms with E-state index in [1.54, 1.807) is 0 Å². The molecular formula is C11H10IN. The van der Waals surface area contributed by atoms with Crippen molar-refractivity contribution in [2.24, 2.45) is 0 Å². The fourth-order valence-corrected chi connectivity index (χ4v) is 1.37. The van der Waals surface area contributed by atoms with Crippen molar-refractivity contribution in [2.75, 3.05) is 0 Å². The van der Waals surface area contributed by atoms with E-state index in [4.69, 9.17) is 5.26 Å². The SMILES string of the molecule is N#CC(I)=CCCc1ccccc1. The van der Waals surface area contributed by atoms with Crippen molar-refractivity contribution in [1.29, 1.82) is 5.26 Å². The van der Waals surface area contributed by atoms with Gasteiger partial charge >= 0.3 is 0 Å². The summed E-state index contributed by atoms with van der Waals surface area (Å²) in [7, 11) is 0. The molecule has 2 heteroatoms. The smallest absolute Gasteiger partial charge is 0.105 e. The molecule has 1 rings (SSSR count). The maximum atomic E-state index is 8.51. The fourth-order valence-electron chi connectivity index (χ4n) is 1.06. The Morgan fingerprint density at radius 2 is 2.08 bits per heavy atom. The molecule has 1 nitrogen and oxygen atoms in total. The first-order valence-corrected chi connectivity index (χ1v) is 5.20. The zero-order valence-corrected chi connectivity index (χ0v) is 9.36. The van der Waals surface area contributed by atoms with Crippen LogP contribution in [0.4, 0.5) is 0 Å². The lowest BCUT2D eigenvalue weighted by Crippen LogP contribution is -1.81. The van der Waals surface area contributed by atoms with Gasteiger partial charge < -0.3 is 0 Å². The van der Waals surface area contributed by atoms with Crippen LogP contribution in [0.3, 0.4) is 0 Å². The number of benzene rings is 1. The Bertz CT molecular complexity index is 322. The number of hydrogen-bond acceptors (Lipinski definition) is 1. The summed E-state index contributed by atoms with van der Waals surface area (Å²) in [5, 5.41) is 8.51. The molecule has 0 saturated carbocycles. The van der Waals surface area contributed by atoms with Gasteiger partial charge in [-0.15, -0.1) is 0 Å². The monoisotopic (exact) mass is 283 g/mol. The molecule has 0 heterocycles. The Balaban J connectivity index is 2.41. The number of nitrogens with zero attached hydrogens (tertiary/aromatic N) is 1. The first-order valence-electron chi connectivity index (χ1n) is 4.12. The van der Waals surface area contributed by atoms with Gasteiger partial charge in [0, 0.05) is 0 Å². The third kappa shape index (κ3) is 4.09. The van der Waals surface area contributed by atoms with Crippen LogP contribution in [0, 0.1) is 11.3 Å². The standard InChI is InChI=1S/C11H10IN/c12-11(9-13)8-4-7-10-5-2-1-3-6-10/h1-3,5-6,8H,4,7H2. The lowest BCUT2D eigenvalue weighted by atomic mass is 10.1. The van der Waals surface area contributed by atoms with E-state index in [0.29, 0.717) is 0 Å². The van der Waals surface area contributed by atoms with Crippen LogP contribution < -0.4 is 0 Å². The molecule has 0 bridgehead atoms. The van der Waals surface area contributed by atoms with Gasteiger partial charge in [0.15, 0.2) is 0 Å². The van der Waals surface area contributed by atoms with Crippen LogP contribution in [-0.2, 0) is 6.42 Å². The molecule has 0 atom stereocenters. The Morgan fingerprint density at radius 3 is 2.69 bits per heavy atom. The van der Waals surface area contributed by atoms with Crippen molar-refractivity contribution in [2.45, 2.75) is 12.8 Å². The molecule has 0 aliphatic carbocycles. The predicted octanol–water partition coefficient (Wildman–Crippen LogP) is 3.46. The maximum absolute atomic E-state index is 8.51. The van der Waals surface area contributed by atoms with E-state index in [9.17, 15) is 0 Å². The summed E-state index contributed by atoms with van der Waals surface area (Å²) in [6, 6.07) is 12.4. The summed E-state index contributed by atoms with van der Waals surface area (Å²) in [6.45, 7) is 0. The lowest BCUT2D eigenvalue weighted by Gasteiger charge is -1.95. The summed E-state index contributed by atoms with van der Waals surface area (Å²) in [5.74, 6) is 0. The van der Waals surface area contributed by atoms with Gasteiger partial charge in [-0.25, -0.2) is 0 Å². The molecule has 0 amide bonds. The molecule has 0 saturated heterocycles. The van der Waals surface area contributed by atoms with Crippen molar-refractivity contribution in [3.8, 4) is 6.07 Å². The highest BCUT2D eigenvalue weighted by molar-refractivity contribution is 14.1. The van der Waals surface area contributed by atoms with E-state index in [-0.39, 0.29) is 0 Å². The number of aryl methyl sites for hydroxylation is 1. The van der Waals surface area contributed by atoms with E-state index < -0.39 is 0 Å². The third-order valence-corrected chi connectivity index (χ3v) is 2.39. The van der Waals surface area contributed by atoms with E-state index in [1.165, 1.54) is 5.56 Å². The Labute approximate surface area is 92.2 Å². The van der Waals surface area contributed by atoms with Crippen molar-refractivity contribution < 1.29 is 0 Å². The summed E-state index contributed by atoms with van der Waals surface area (Å²) in [6.07, 6.45) is 3.92. The average Bonchev–Trinajstić information content (AvgIpc) is 2.19. The van der Waals surface area contributed by atoms with Gasteiger partial charge in [-0.1, -0.05) is 36.4 Å². The molecule has 0 fully saturated rings. The maximum Gasteiger partial charge on any atom is 0.105 e. The molecule has 66 valence electrons.